The van der Waals surface area contributed by atoms with Gasteiger partial charge in [-0.2, -0.15) is 0 Å². The summed E-state index contributed by atoms with van der Waals surface area (Å²) in [6.07, 6.45) is 1.78. The number of esters is 1. The van der Waals surface area contributed by atoms with Crippen molar-refractivity contribution in [1.82, 2.24) is 0 Å². The van der Waals surface area contributed by atoms with Crippen molar-refractivity contribution >= 4 is 28.6 Å². The third-order valence-corrected chi connectivity index (χ3v) is 7.20. The number of carbonyl (C=O) groups is 1. The van der Waals surface area contributed by atoms with Crippen LogP contribution in [0.15, 0.2) is 35.0 Å². The highest BCUT2D eigenvalue weighted by atomic mass is 79.9. The molecule has 2 fully saturated rings. The second-order valence-corrected chi connectivity index (χ2v) is 8.86. The number of nitrogens with zero attached hydrogens (tertiary/aromatic N) is 1. The zero-order chi connectivity index (χ0) is 16.1. The third kappa shape index (κ3) is 2.76. The Bertz CT molecular complexity index is 672. The normalized spacial score (nSPS) is 28.6. The fourth-order valence-electron chi connectivity index (χ4n) is 3.89. The minimum Gasteiger partial charge on any atom is -1.00 e. The number of likely N-dealkylation sites (N-methyl/N-ethyl adjacent to an activating group) is 1. The van der Waals surface area contributed by atoms with E-state index in [2.05, 4.69) is 7.05 Å². The van der Waals surface area contributed by atoms with Gasteiger partial charge in [-0.25, -0.2) is 4.79 Å². The topological polar surface area (TPSA) is 46.5 Å². The number of hydrogen-bond donors (Lipinski definition) is 1. The van der Waals surface area contributed by atoms with Gasteiger partial charge in [-0.3, -0.25) is 0 Å². The number of aliphatic hydroxyl groups is 1. The van der Waals surface area contributed by atoms with Gasteiger partial charge in [-0.15, -0.1) is 22.7 Å². The van der Waals surface area contributed by atoms with Crippen molar-refractivity contribution in [2.75, 3.05) is 26.7 Å². The predicted octanol–water partition coefficient (Wildman–Crippen LogP) is -0.414. The number of carbonyl (C=O) groups excluding carboxylic acids is 1. The SMILES string of the molecule is C[N+]12CCC(OC(=O)C(O)(c3cccs3)c3cccs3)(CC1)C2.[Br-]. The second kappa shape index (κ2) is 6.21. The van der Waals surface area contributed by atoms with E-state index in [9.17, 15) is 9.90 Å². The Morgan fingerprint density at radius 2 is 1.75 bits per heavy atom. The highest BCUT2D eigenvalue weighted by Gasteiger charge is 2.58. The lowest BCUT2D eigenvalue weighted by Gasteiger charge is -2.29. The van der Waals surface area contributed by atoms with E-state index < -0.39 is 17.2 Å². The van der Waals surface area contributed by atoms with E-state index in [1.54, 1.807) is 12.1 Å². The van der Waals surface area contributed by atoms with Gasteiger partial charge in [0.2, 0.25) is 5.60 Å². The van der Waals surface area contributed by atoms with Crippen molar-refractivity contribution in [2.24, 2.45) is 0 Å². The predicted molar refractivity (Wildman–Crippen MR) is 90.5 cm³/mol. The Morgan fingerprint density at radius 3 is 2.12 bits per heavy atom. The van der Waals surface area contributed by atoms with Gasteiger partial charge in [-0.1, -0.05) is 12.1 Å². The molecule has 4 nitrogen and oxygen atoms in total. The molecule has 0 saturated carbocycles. The summed E-state index contributed by atoms with van der Waals surface area (Å²) in [4.78, 5) is 14.3. The Morgan fingerprint density at radius 1 is 1.21 bits per heavy atom. The summed E-state index contributed by atoms with van der Waals surface area (Å²) in [5, 5.41) is 15.0. The van der Waals surface area contributed by atoms with E-state index in [0.29, 0.717) is 9.75 Å². The Balaban J connectivity index is 0.00000169. The lowest BCUT2D eigenvalue weighted by atomic mass is 9.96. The van der Waals surface area contributed by atoms with Crippen LogP contribution >= 0.6 is 22.7 Å². The molecule has 2 aliphatic rings. The van der Waals surface area contributed by atoms with Crippen molar-refractivity contribution in [3.8, 4) is 0 Å². The highest BCUT2D eigenvalue weighted by Crippen LogP contribution is 2.43. The molecule has 0 spiro atoms. The number of quaternary nitrogens is 1. The minimum atomic E-state index is -1.69. The lowest BCUT2D eigenvalue weighted by Crippen LogP contribution is -3.00. The zero-order valence-corrected chi connectivity index (χ0v) is 16.6. The first-order valence-corrected chi connectivity index (χ1v) is 9.59. The van der Waals surface area contributed by atoms with Crippen molar-refractivity contribution in [3.05, 3.63) is 44.8 Å². The number of ether oxygens (including phenoxy) is 1. The van der Waals surface area contributed by atoms with Crippen molar-refractivity contribution in [1.29, 1.82) is 0 Å². The highest BCUT2D eigenvalue weighted by molar-refractivity contribution is 7.12. The van der Waals surface area contributed by atoms with E-state index in [1.165, 1.54) is 22.7 Å². The molecule has 130 valence electrons. The molecule has 24 heavy (non-hydrogen) atoms. The van der Waals surface area contributed by atoms with Crippen LogP contribution < -0.4 is 17.0 Å². The van der Waals surface area contributed by atoms with Gasteiger partial charge in [0.15, 0.2) is 5.60 Å². The molecular weight excluding hydrogens is 410 g/mol. The Kier molecular flexibility index (Phi) is 4.68. The van der Waals surface area contributed by atoms with E-state index >= 15 is 0 Å². The van der Waals surface area contributed by atoms with Crippen LogP contribution in [0.1, 0.15) is 22.6 Å². The molecule has 2 aromatic rings. The van der Waals surface area contributed by atoms with E-state index in [0.717, 1.165) is 37.0 Å². The number of thiophene rings is 2. The van der Waals surface area contributed by atoms with Gasteiger partial charge in [-0.05, 0) is 22.9 Å². The molecule has 0 radical (unpaired) electrons. The summed E-state index contributed by atoms with van der Waals surface area (Å²) < 4.78 is 6.95. The zero-order valence-electron chi connectivity index (χ0n) is 13.4. The van der Waals surface area contributed by atoms with Crippen LogP contribution in [0, 0.1) is 0 Å². The maximum atomic E-state index is 13.0. The third-order valence-electron chi connectivity index (χ3n) is 5.24. The molecule has 0 amide bonds. The van der Waals surface area contributed by atoms with Crippen LogP contribution in [0.5, 0.6) is 0 Å². The molecule has 4 heterocycles. The van der Waals surface area contributed by atoms with E-state index in [1.807, 2.05) is 22.9 Å². The first kappa shape index (κ1) is 18.1. The number of hydrogen-bond acceptors (Lipinski definition) is 5. The molecule has 7 heteroatoms. The molecule has 0 atom stereocenters. The van der Waals surface area contributed by atoms with Gasteiger partial charge < -0.3 is 31.3 Å². The fraction of sp³-hybridized carbons (Fsp3) is 0.471. The first-order chi connectivity index (χ1) is 11.0. The average Bonchev–Trinajstić information content (AvgIpc) is 3.29. The molecule has 1 N–H and O–H groups in total. The summed E-state index contributed by atoms with van der Waals surface area (Å²) in [5.74, 6) is -0.530. The molecule has 0 aromatic carbocycles. The quantitative estimate of drug-likeness (QED) is 0.530. The van der Waals surface area contributed by atoms with Crippen LogP contribution in [0.2, 0.25) is 0 Å². The largest absolute Gasteiger partial charge is 1.00 e. The molecule has 2 bridgehead atoms. The number of piperidine rings is 1. The monoisotopic (exact) mass is 429 g/mol. The van der Waals surface area contributed by atoms with Crippen LogP contribution in [0.25, 0.3) is 0 Å². The van der Waals surface area contributed by atoms with Crippen LogP contribution in [-0.4, -0.2) is 47.8 Å². The van der Waals surface area contributed by atoms with Gasteiger partial charge in [0.1, 0.15) is 6.54 Å². The van der Waals surface area contributed by atoms with Gasteiger partial charge >= 0.3 is 5.97 Å². The molecule has 2 aliphatic heterocycles. The Hall–Kier alpha value is -0.730. The molecule has 4 rings (SSSR count). The standard InChI is InChI=1S/C17H20NO3S2.BrH/c1-18-8-6-16(12-18,7-9-18)21-15(19)17(20,13-4-2-10-22-13)14-5-3-11-23-14;/h2-5,10-11,20H,6-9,12H2,1H3;1H/q+1;/p-1. The maximum absolute atomic E-state index is 13.0. The lowest BCUT2D eigenvalue weighted by molar-refractivity contribution is -0.890. The summed E-state index contributed by atoms with van der Waals surface area (Å²) in [6, 6.07) is 7.30. The fourth-order valence-corrected chi connectivity index (χ4v) is 5.61. The summed E-state index contributed by atoms with van der Waals surface area (Å²) in [6.45, 7) is 2.96. The summed E-state index contributed by atoms with van der Waals surface area (Å²) in [5.41, 5.74) is -2.08. The number of halogens is 1. The van der Waals surface area contributed by atoms with Crippen molar-refractivity contribution in [2.45, 2.75) is 24.0 Å². The van der Waals surface area contributed by atoms with Crippen LogP contribution in [0.3, 0.4) is 0 Å². The van der Waals surface area contributed by atoms with Gasteiger partial charge in [0.25, 0.3) is 0 Å². The minimum absolute atomic E-state index is 0. The van der Waals surface area contributed by atoms with Crippen molar-refractivity contribution < 1.29 is 36.1 Å². The summed E-state index contributed by atoms with van der Waals surface area (Å²) >= 11 is 2.76. The van der Waals surface area contributed by atoms with E-state index in [-0.39, 0.29) is 17.0 Å². The molecular formula is C17H20BrNO3S2. The van der Waals surface area contributed by atoms with Crippen LogP contribution in [-0.2, 0) is 15.1 Å². The molecule has 2 saturated heterocycles. The van der Waals surface area contributed by atoms with E-state index in [4.69, 9.17) is 4.74 Å². The first-order valence-electron chi connectivity index (χ1n) is 7.83. The molecule has 0 unspecified atom stereocenters. The van der Waals surface area contributed by atoms with Gasteiger partial charge in [0, 0.05) is 12.8 Å². The van der Waals surface area contributed by atoms with Crippen molar-refractivity contribution in [3.63, 3.8) is 0 Å². The van der Waals surface area contributed by atoms with Crippen LogP contribution in [0.4, 0.5) is 0 Å². The molecule has 0 aliphatic carbocycles. The maximum Gasteiger partial charge on any atom is 0.350 e. The number of fused-ring (bicyclic) bond motifs is 2. The van der Waals surface area contributed by atoms with Gasteiger partial charge in [0.05, 0.1) is 29.9 Å². The Labute approximate surface area is 160 Å². The summed E-state index contributed by atoms with van der Waals surface area (Å²) in [7, 11) is 2.22. The second-order valence-electron chi connectivity index (χ2n) is 6.96. The average molecular weight is 430 g/mol. The smallest absolute Gasteiger partial charge is 0.350 e. The molecule has 2 aromatic heterocycles. The number of rotatable bonds is 4.